The average Bonchev–Trinajstić information content (AvgIpc) is 2.31. The summed E-state index contributed by atoms with van der Waals surface area (Å²) >= 11 is 1.84. The molecule has 62 valence electrons. The SMILES string of the molecule is Cc1csc(CC[C@H](C)N)c1. The standard InChI is InChI=1S/C9H15NS/c1-7-5-9(11-6-7)4-3-8(2)10/h5-6,8H,3-4,10H2,1-2H3/t8-/m0/s1. The summed E-state index contributed by atoms with van der Waals surface area (Å²) < 4.78 is 0. The molecule has 0 aromatic carbocycles. The van der Waals surface area contributed by atoms with Crippen molar-refractivity contribution in [3.8, 4) is 0 Å². The quantitative estimate of drug-likeness (QED) is 0.738. The summed E-state index contributed by atoms with van der Waals surface area (Å²) in [6, 6.07) is 2.57. The molecule has 0 aliphatic carbocycles. The van der Waals surface area contributed by atoms with E-state index < -0.39 is 0 Å². The van der Waals surface area contributed by atoms with E-state index in [1.54, 1.807) is 0 Å². The molecule has 0 saturated heterocycles. The molecule has 0 unspecified atom stereocenters. The minimum Gasteiger partial charge on any atom is -0.328 e. The van der Waals surface area contributed by atoms with Gasteiger partial charge in [-0.1, -0.05) is 0 Å². The molecule has 0 saturated carbocycles. The Balaban J connectivity index is 2.39. The van der Waals surface area contributed by atoms with Gasteiger partial charge in [-0.05, 0) is 43.7 Å². The number of thiophene rings is 1. The first-order valence-electron chi connectivity index (χ1n) is 3.98. The van der Waals surface area contributed by atoms with Gasteiger partial charge in [-0.25, -0.2) is 0 Å². The maximum Gasteiger partial charge on any atom is 0.00485 e. The van der Waals surface area contributed by atoms with E-state index in [4.69, 9.17) is 5.73 Å². The second kappa shape index (κ2) is 3.88. The molecular formula is C9H15NS. The number of nitrogens with two attached hydrogens (primary N) is 1. The number of hydrogen-bond acceptors (Lipinski definition) is 2. The summed E-state index contributed by atoms with van der Waals surface area (Å²) in [6.07, 6.45) is 2.23. The first-order chi connectivity index (χ1) is 5.18. The molecule has 1 rings (SSSR count). The van der Waals surface area contributed by atoms with Crippen LogP contribution in [0.2, 0.25) is 0 Å². The lowest BCUT2D eigenvalue weighted by Crippen LogP contribution is -2.14. The summed E-state index contributed by atoms with van der Waals surface area (Å²) in [6.45, 7) is 4.19. The Hall–Kier alpha value is -0.340. The summed E-state index contributed by atoms with van der Waals surface area (Å²) in [5.74, 6) is 0. The molecule has 1 aromatic heterocycles. The fourth-order valence-electron chi connectivity index (χ4n) is 0.992. The van der Waals surface area contributed by atoms with Crippen molar-refractivity contribution in [3.05, 3.63) is 21.9 Å². The van der Waals surface area contributed by atoms with Crippen LogP contribution in [0.3, 0.4) is 0 Å². The highest BCUT2D eigenvalue weighted by Crippen LogP contribution is 2.15. The Morgan fingerprint density at radius 1 is 1.64 bits per heavy atom. The van der Waals surface area contributed by atoms with Crippen molar-refractivity contribution < 1.29 is 0 Å². The van der Waals surface area contributed by atoms with E-state index in [0.29, 0.717) is 6.04 Å². The molecule has 11 heavy (non-hydrogen) atoms. The molecule has 1 heterocycles. The Bertz CT molecular complexity index is 215. The third-order valence-electron chi connectivity index (χ3n) is 1.63. The Morgan fingerprint density at radius 2 is 2.36 bits per heavy atom. The number of aryl methyl sites for hydroxylation is 2. The van der Waals surface area contributed by atoms with Gasteiger partial charge in [0, 0.05) is 10.9 Å². The van der Waals surface area contributed by atoms with Gasteiger partial charge in [0.2, 0.25) is 0 Å². The van der Waals surface area contributed by atoms with Gasteiger partial charge in [0.25, 0.3) is 0 Å². The molecule has 0 aliphatic rings. The lowest BCUT2D eigenvalue weighted by molar-refractivity contribution is 0.670. The molecule has 0 fully saturated rings. The molecule has 2 heteroatoms. The Kier molecular flexibility index (Phi) is 3.09. The lowest BCUT2D eigenvalue weighted by Gasteiger charge is -2.01. The lowest BCUT2D eigenvalue weighted by atomic mass is 10.1. The summed E-state index contributed by atoms with van der Waals surface area (Å²) in [4.78, 5) is 1.46. The van der Waals surface area contributed by atoms with Crippen molar-refractivity contribution in [2.45, 2.75) is 32.7 Å². The summed E-state index contributed by atoms with van der Waals surface area (Å²) in [5, 5.41) is 2.19. The molecule has 2 N–H and O–H groups in total. The van der Waals surface area contributed by atoms with Gasteiger partial charge in [0.15, 0.2) is 0 Å². The van der Waals surface area contributed by atoms with Crippen molar-refractivity contribution in [3.63, 3.8) is 0 Å². The Labute approximate surface area is 72.2 Å². The van der Waals surface area contributed by atoms with Crippen molar-refractivity contribution in [1.29, 1.82) is 0 Å². The zero-order valence-corrected chi connectivity index (χ0v) is 7.95. The maximum absolute atomic E-state index is 5.65. The van der Waals surface area contributed by atoms with E-state index in [0.717, 1.165) is 12.8 Å². The highest BCUT2D eigenvalue weighted by atomic mass is 32.1. The van der Waals surface area contributed by atoms with E-state index in [1.165, 1.54) is 10.4 Å². The molecule has 1 aromatic rings. The van der Waals surface area contributed by atoms with Crippen LogP contribution in [0.1, 0.15) is 23.8 Å². The van der Waals surface area contributed by atoms with Crippen molar-refractivity contribution >= 4 is 11.3 Å². The van der Waals surface area contributed by atoms with Crippen molar-refractivity contribution in [2.75, 3.05) is 0 Å². The molecule has 0 radical (unpaired) electrons. The van der Waals surface area contributed by atoms with Gasteiger partial charge in [0.05, 0.1) is 0 Å². The monoisotopic (exact) mass is 169 g/mol. The largest absolute Gasteiger partial charge is 0.328 e. The molecular weight excluding hydrogens is 154 g/mol. The van der Waals surface area contributed by atoms with Crippen LogP contribution in [0.15, 0.2) is 11.4 Å². The normalized spacial score (nSPS) is 13.4. The molecule has 1 atom stereocenters. The predicted octanol–water partition coefficient (Wildman–Crippen LogP) is 2.34. The minimum absolute atomic E-state index is 0.331. The van der Waals surface area contributed by atoms with Gasteiger partial charge < -0.3 is 5.73 Å². The molecule has 1 nitrogen and oxygen atoms in total. The second-order valence-corrected chi connectivity index (χ2v) is 4.10. The van der Waals surface area contributed by atoms with Gasteiger partial charge in [-0.15, -0.1) is 11.3 Å². The van der Waals surface area contributed by atoms with Gasteiger partial charge in [-0.2, -0.15) is 0 Å². The topological polar surface area (TPSA) is 26.0 Å². The van der Waals surface area contributed by atoms with Crippen LogP contribution in [0.4, 0.5) is 0 Å². The number of rotatable bonds is 3. The summed E-state index contributed by atoms with van der Waals surface area (Å²) in [5.41, 5.74) is 7.02. The zero-order chi connectivity index (χ0) is 8.27. The van der Waals surface area contributed by atoms with Crippen LogP contribution >= 0.6 is 11.3 Å². The van der Waals surface area contributed by atoms with Gasteiger partial charge in [0.1, 0.15) is 0 Å². The first-order valence-corrected chi connectivity index (χ1v) is 4.86. The van der Waals surface area contributed by atoms with Crippen LogP contribution in [0, 0.1) is 6.92 Å². The average molecular weight is 169 g/mol. The van der Waals surface area contributed by atoms with E-state index in [9.17, 15) is 0 Å². The van der Waals surface area contributed by atoms with Crippen molar-refractivity contribution in [1.82, 2.24) is 0 Å². The third-order valence-corrected chi connectivity index (χ3v) is 2.75. The molecule has 0 spiro atoms. The molecule has 0 aliphatic heterocycles. The van der Waals surface area contributed by atoms with Gasteiger partial charge in [-0.3, -0.25) is 0 Å². The minimum atomic E-state index is 0.331. The van der Waals surface area contributed by atoms with E-state index in [1.807, 2.05) is 11.3 Å². The third kappa shape index (κ3) is 3.04. The highest BCUT2D eigenvalue weighted by Gasteiger charge is 1.98. The van der Waals surface area contributed by atoms with Crippen LogP contribution in [-0.2, 0) is 6.42 Å². The molecule has 0 bridgehead atoms. The fourth-order valence-corrected chi connectivity index (χ4v) is 1.89. The van der Waals surface area contributed by atoms with E-state index in [2.05, 4.69) is 25.3 Å². The second-order valence-electron chi connectivity index (χ2n) is 3.11. The van der Waals surface area contributed by atoms with E-state index >= 15 is 0 Å². The number of hydrogen-bond donors (Lipinski definition) is 1. The fraction of sp³-hybridized carbons (Fsp3) is 0.556. The van der Waals surface area contributed by atoms with E-state index in [-0.39, 0.29) is 0 Å². The van der Waals surface area contributed by atoms with Crippen LogP contribution in [0.25, 0.3) is 0 Å². The van der Waals surface area contributed by atoms with Crippen LogP contribution in [0.5, 0.6) is 0 Å². The smallest absolute Gasteiger partial charge is 0.00485 e. The zero-order valence-electron chi connectivity index (χ0n) is 7.13. The van der Waals surface area contributed by atoms with Crippen LogP contribution in [-0.4, -0.2) is 6.04 Å². The maximum atomic E-state index is 5.65. The predicted molar refractivity (Wildman–Crippen MR) is 51.0 cm³/mol. The van der Waals surface area contributed by atoms with Crippen molar-refractivity contribution in [2.24, 2.45) is 5.73 Å². The summed E-state index contributed by atoms with van der Waals surface area (Å²) in [7, 11) is 0. The highest BCUT2D eigenvalue weighted by molar-refractivity contribution is 7.10. The Morgan fingerprint density at radius 3 is 2.82 bits per heavy atom. The first kappa shape index (κ1) is 8.75. The molecule has 0 amide bonds. The van der Waals surface area contributed by atoms with Gasteiger partial charge >= 0.3 is 0 Å². The van der Waals surface area contributed by atoms with Crippen LogP contribution < -0.4 is 5.73 Å².